The van der Waals surface area contributed by atoms with Crippen molar-refractivity contribution in [1.82, 2.24) is 4.90 Å². The normalized spacial score (nSPS) is 26.6. The molecule has 0 radical (unpaired) electrons. The van der Waals surface area contributed by atoms with Gasteiger partial charge in [0.1, 0.15) is 17.5 Å². The second-order valence-electron chi connectivity index (χ2n) is 8.40. The number of nitro groups is 1. The van der Waals surface area contributed by atoms with Crippen LogP contribution in [0.5, 0.6) is 5.75 Å². The molecule has 0 spiro atoms. The van der Waals surface area contributed by atoms with Crippen LogP contribution in [0.25, 0.3) is 0 Å². The molecular weight excluding hydrogens is 422 g/mol. The van der Waals surface area contributed by atoms with Crippen molar-refractivity contribution in [2.75, 3.05) is 19.0 Å². The standard InChI is InChI=1S/C21H23N3O8/c1-10(23-19(26)17-11-3-4-12(7-11)18(17)20(23)27)21(28)32-9-16(25)22-14-8-13(31-2)5-6-15(14)24(29)30/h5-6,8,10-12,17-18H,3-4,7,9H2,1-2H3,(H,22,25)/t10-,11-,12-,17-,18+/m0/s1. The fraction of sp³-hybridized carbons (Fsp3) is 0.524. The maximum atomic E-state index is 12.8. The lowest BCUT2D eigenvalue weighted by atomic mass is 9.81. The van der Waals surface area contributed by atoms with Gasteiger partial charge in [0.25, 0.3) is 11.6 Å². The van der Waals surface area contributed by atoms with E-state index in [0.717, 1.165) is 24.2 Å². The quantitative estimate of drug-likeness (QED) is 0.288. The smallest absolute Gasteiger partial charge is 0.329 e. The molecule has 2 aliphatic carbocycles. The number of benzene rings is 1. The van der Waals surface area contributed by atoms with Crippen molar-refractivity contribution in [2.24, 2.45) is 23.7 Å². The molecular formula is C21H23N3O8. The number of amides is 3. The molecule has 5 atom stereocenters. The molecule has 1 N–H and O–H groups in total. The first-order valence-corrected chi connectivity index (χ1v) is 10.4. The minimum atomic E-state index is -1.15. The van der Waals surface area contributed by atoms with Crippen LogP contribution in [0, 0.1) is 33.8 Å². The highest BCUT2D eigenvalue weighted by Crippen LogP contribution is 2.56. The first-order chi connectivity index (χ1) is 15.2. The molecule has 170 valence electrons. The molecule has 1 saturated heterocycles. The van der Waals surface area contributed by atoms with Crippen LogP contribution in [0.1, 0.15) is 26.2 Å². The van der Waals surface area contributed by atoms with Gasteiger partial charge in [-0.25, -0.2) is 4.79 Å². The molecule has 32 heavy (non-hydrogen) atoms. The Morgan fingerprint density at radius 3 is 2.41 bits per heavy atom. The van der Waals surface area contributed by atoms with E-state index < -0.39 is 29.4 Å². The topological polar surface area (TPSA) is 145 Å². The first-order valence-electron chi connectivity index (χ1n) is 10.4. The number of nitrogens with one attached hydrogen (secondary N) is 1. The highest BCUT2D eigenvalue weighted by atomic mass is 16.6. The van der Waals surface area contributed by atoms with E-state index >= 15 is 0 Å². The minimum absolute atomic E-state index is 0.114. The molecule has 0 unspecified atom stereocenters. The Balaban J connectivity index is 1.37. The van der Waals surface area contributed by atoms with Gasteiger partial charge in [-0.15, -0.1) is 0 Å². The number of methoxy groups -OCH3 is 1. The second kappa shape index (κ2) is 8.21. The molecule has 4 rings (SSSR count). The summed E-state index contributed by atoms with van der Waals surface area (Å²) in [6, 6.07) is 2.67. The number of esters is 1. The highest BCUT2D eigenvalue weighted by molar-refractivity contribution is 6.08. The maximum Gasteiger partial charge on any atom is 0.329 e. The van der Waals surface area contributed by atoms with Gasteiger partial charge < -0.3 is 14.8 Å². The Bertz CT molecular complexity index is 981. The lowest BCUT2D eigenvalue weighted by Crippen LogP contribution is -2.45. The van der Waals surface area contributed by atoms with Crippen LogP contribution in [0.3, 0.4) is 0 Å². The number of carbonyl (C=O) groups excluding carboxylic acids is 4. The number of hydrogen-bond acceptors (Lipinski definition) is 8. The largest absolute Gasteiger partial charge is 0.497 e. The molecule has 0 aromatic heterocycles. The summed E-state index contributed by atoms with van der Waals surface area (Å²) in [6.07, 6.45) is 2.73. The zero-order chi connectivity index (χ0) is 23.2. The van der Waals surface area contributed by atoms with Gasteiger partial charge in [0.15, 0.2) is 6.61 Å². The molecule has 2 saturated carbocycles. The molecule has 11 nitrogen and oxygen atoms in total. The van der Waals surface area contributed by atoms with Gasteiger partial charge in [-0.2, -0.15) is 0 Å². The monoisotopic (exact) mass is 445 g/mol. The summed E-state index contributed by atoms with van der Waals surface area (Å²) in [7, 11) is 1.37. The minimum Gasteiger partial charge on any atom is -0.497 e. The summed E-state index contributed by atoms with van der Waals surface area (Å²) in [4.78, 5) is 61.8. The Morgan fingerprint density at radius 1 is 1.22 bits per heavy atom. The van der Waals surface area contributed by atoms with E-state index in [1.165, 1.54) is 32.2 Å². The zero-order valence-corrected chi connectivity index (χ0v) is 17.6. The average Bonchev–Trinajstić information content (AvgIpc) is 3.45. The van der Waals surface area contributed by atoms with Gasteiger partial charge in [-0.3, -0.25) is 29.4 Å². The molecule has 3 amide bonds. The van der Waals surface area contributed by atoms with Crippen LogP contribution < -0.4 is 10.1 Å². The van der Waals surface area contributed by atoms with Gasteiger partial charge in [0.05, 0.1) is 23.9 Å². The molecule has 3 aliphatic rings. The number of anilines is 1. The fourth-order valence-corrected chi connectivity index (χ4v) is 5.26. The third-order valence-electron chi connectivity index (χ3n) is 6.71. The number of nitrogens with zero attached hydrogens (tertiary/aromatic N) is 2. The first kappa shape index (κ1) is 21.7. The van der Waals surface area contributed by atoms with Crippen molar-refractivity contribution in [1.29, 1.82) is 0 Å². The summed E-state index contributed by atoms with van der Waals surface area (Å²) < 4.78 is 10.00. The number of ether oxygens (including phenoxy) is 2. The summed E-state index contributed by atoms with van der Waals surface area (Å²) in [5, 5.41) is 13.5. The summed E-state index contributed by atoms with van der Waals surface area (Å²) >= 11 is 0. The zero-order valence-electron chi connectivity index (χ0n) is 17.6. The number of hydrogen-bond donors (Lipinski definition) is 1. The molecule has 11 heteroatoms. The van der Waals surface area contributed by atoms with Crippen molar-refractivity contribution < 1.29 is 33.6 Å². The van der Waals surface area contributed by atoms with Crippen molar-refractivity contribution >= 4 is 35.1 Å². The molecule has 2 bridgehead atoms. The Labute approximate surface area is 183 Å². The Kier molecular flexibility index (Phi) is 5.57. The van der Waals surface area contributed by atoms with E-state index in [0.29, 0.717) is 5.75 Å². The van der Waals surface area contributed by atoms with E-state index in [4.69, 9.17) is 9.47 Å². The fourth-order valence-electron chi connectivity index (χ4n) is 5.26. The van der Waals surface area contributed by atoms with Crippen LogP contribution in [-0.4, -0.2) is 53.3 Å². The molecule has 1 aromatic rings. The number of fused-ring (bicyclic) bond motifs is 5. The summed E-state index contributed by atoms with van der Waals surface area (Å²) in [5.74, 6) is -2.41. The Hall–Kier alpha value is -3.50. The van der Waals surface area contributed by atoms with Crippen LogP contribution in [0.2, 0.25) is 0 Å². The van der Waals surface area contributed by atoms with E-state index in [1.807, 2.05) is 0 Å². The SMILES string of the molecule is COc1ccc([N+](=O)[O-])c(NC(=O)COC(=O)[C@H](C)N2C(=O)[C@@H]3[C@H]4CC[C@@H](C4)[C@@H]3C2=O)c1. The highest BCUT2D eigenvalue weighted by Gasteiger charge is 2.62. The number of rotatable bonds is 7. The van der Waals surface area contributed by atoms with Crippen LogP contribution in [-0.2, 0) is 23.9 Å². The van der Waals surface area contributed by atoms with Crippen LogP contribution >= 0.6 is 0 Å². The van der Waals surface area contributed by atoms with Gasteiger partial charge in [-0.05, 0) is 44.1 Å². The molecule has 3 fully saturated rings. The van der Waals surface area contributed by atoms with E-state index in [-0.39, 0.29) is 46.9 Å². The number of likely N-dealkylation sites (tertiary alicyclic amines) is 1. The number of carbonyl (C=O) groups is 4. The van der Waals surface area contributed by atoms with Crippen LogP contribution in [0.15, 0.2) is 18.2 Å². The maximum absolute atomic E-state index is 12.8. The molecule has 1 heterocycles. The van der Waals surface area contributed by atoms with E-state index in [9.17, 15) is 29.3 Å². The van der Waals surface area contributed by atoms with Crippen molar-refractivity contribution in [2.45, 2.75) is 32.2 Å². The van der Waals surface area contributed by atoms with Crippen molar-refractivity contribution in [3.8, 4) is 5.75 Å². The molecule has 1 aliphatic heterocycles. The third kappa shape index (κ3) is 3.57. The van der Waals surface area contributed by atoms with Crippen molar-refractivity contribution in [3.63, 3.8) is 0 Å². The average molecular weight is 445 g/mol. The van der Waals surface area contributed by atoms with Crippen LogP contribution in [0.4, 0.5) is 11.4 Å². The van der Waals surface area contributed by atoms with Gasteiger partial charge in [0, 0.05) is 12.1 Å². The van der Waals surface area contributed by atoms with E-state index in [1.54, 1.807) is 0 Å². The summed E-state index contributed by atoms with van der Waals surface area (Å²) in [5.41, 5.74) is -0.468. The van der Waals surface area contributed by atoms with Gasteiger partial charge in [-0.1, -0.05) is 0 Å². The van der Waals surface area contributed by atoms with Gasteiger partial charge >= 0.3 is 5.97 Å². The predicted molar refractivity (Wildman–Crippen MR) is 108 cm³/mol. The lowest BCUT2D eigenvalue weighted by molar-refractivity contribution is -0.383. The predicted octanol–water partition coefficient (Wildman–Crippen LogP) is 1.50. The Morgan fingerprint density at radius 2 is 1.84 bits per heavy atom. The number of imide groups is 1. The second-order valence-corrected chi connectivity index (χ2v) is 8.40. The van der Waals surface area contributed by atoms with Gasteiger partial charge in [0.2, 0.25) is 11.8 Å². The molecule has 1 aromatic carbocycles. The summed E-state index contributed by atoms with van der Waals surface area (Å²) in [6.45, 7) is 0.664. The van der Waals surface area contributed by atoms with E-state index in [2.05, 4.69) is 5.32 Å². The van der Waals surface area contributed by atoms with Crippen molar-refractivity contribution in [3.05, 3.63) is 28.3 Å². The third-order valence-corrected chi connectivity index (χ3v) is 6.71. The lowest BCUT2D eigenvalue weighted by Gasteiger charge is -2.23. The number of nitro benzene ring substituents is 1.